The van der Waals surface area contributed by atoms with E-state index in [1.54, 1.807) is 6.20 Å². The minimum Gasteiger partial charge on any atom is -0.245 e. The Balaban J connectivity index is 2.97. The molecule has 0 bridgehead atoms. The monoisotopic (exact) mass is 232 g/mol. The molecule has 1 aromatic carbocycles. The van der Waals surface area contributed by atoms with Gasteiger partial charge < -0.3 is 0 Å². The van der Waals surface area contributed by atoms with Crippen LogP contribution in [0.3, 0.4) is 0 Å². The lowest BCUT2D eigenvalue weighted by Crippen LogP contribution is -1.85. The third-order valence-electron chi connectivity index (χ3n) is 1.85. The maximum Gasteiger partial charge on any atom is 0.149 e. The van der Waals surface area contributed by atoms with Crippen molar-refractivity contribution in [2.45, 2.75) is 0 Å². The van der Waals surface area contributed by atoms with Crippen LogP contribution in [-0.2, 0) is 0 Å². The van der Waals surface area contributed by atoms with Gasteiger partial charge in [-0.15, -0.1) is 0 Å². The van der Waals surface area contributed by atoms with Gasteiger partial charge in [0.05, 0.1) is 0 Å². The molecule has 1 aromatic heterocycles. The number of pyridine rings is 1. The van der Waals surface area contributed by atoms with Crippen LogP contribution in [0.5, 0.6) is 0 Å². The van der Waals surface area contributed by atoms with E-state index in [2.05, 4.69) is 27.0 Å². The van der Waals surface area contributed by atoms with Gasteiger partial charge in [-0.3, -0.25) is 0 Å². The highest BCUT2D eigenvalue weighted by molar-refractivity contribution is 9.10. The van der Waals surface area contributed by atoms with Gasteiger partial charge in [-0.05, 0) is 17.5 Å². The summed E-state index contributed by atoms with van der Waals surface area (Å²) in [6.45, 7) is 0. The van der Waals surface area contributed by atoms with E-state index in [0.717, 1.165) is 15.2 Å². The fraction of sp³-hybridized carbons (Fsp3) is 0. The zero-order valence-corrected chi connectivity index (χ0v) is 8.25. The van der Waals surface area contributed by atoms with Crippen molar-refractivity contribution >= 4 is 26.7 Å². The van der Waals surface area contributed by atoms with Crippen molar-refractivity contribution in [2.75, 3.05) is 0 Å². The van der Waals surface area contributed by atoms with Crippen LogP contribution in [0, 0.1) is 11.3 Å². The summed E-state index contributed by atoms with van der Waals surface area (Å²) >= 11 is 3.40. The number of benzene rings is 1. The molecule has 0 fully saturated rings. The number of fused-ring (bicyclic) bond motifs is 1. The zero-order valence-electron chi connectivity index (χ0n) is 6.66. The minimum atomic E-state index is 0.463. The highest BCUT2D eigenvalue weighted by atomic mass is 79.9. The molecule has 0 aliphatic rings. The molecule has 0 spiro atoms. The van der Waals surface area contributed by atoms with Crippen LogP contribution < -0.4 is 0 Å². The van der Waals surface area contributed by atoms with Gasteiger partial charge in [0.15, 0.2) is 0 Å². The maximum absolute atomic E-state index is 8.83. The number of nitrogens with zero attached hydrogens (tertiary/aromatic N) is 2. The highest BCUT2D eigenvalue weighted by Gasteiger charge is 2.03. The maximum atomic E-state index is 8.83. The Hall–Kier alpha value is -1.40. The number of halogens is 1. The molecule has 3 heteroatoms. The molecular weight excluding hydrogens is 228 g/mol. The van der Waals surface area contributed by atoms with E-state index in [-0.39, 0.29) is 0 Å². The minimum absolute atomic E-state index is 0.463. The van der Waals surface area contributed by atoms with Gasteiger partial charge in [0, 0.05) is 16.1 Å². The van der Waals surface area contributed by atoms with Gasteiger partial charge in [0.25, 0.3) is 0 Å². The molecule has 0 amide bonds. The fourth-order valence-corrected chi connectivity index (χ4v) is 1.84. The average Bonchev–Trinajstić information content (AvgIpc) is 2.17. The summed E-state index contributed by atoms with van der Waals surface area (Å²) < 4.78 is 0.912. The van der Waals surface area contributed by atoms with Crippen LogP contribution in [0.25, 0.3) is 10.8 Å². The average molecular weight is 233 g/mol. The van der Waals surface area contributed by atoms with Gasteiger partial charge in [-0.25, -0.2) is 4.98 Å². The Morgan fingerprint density at radius 1 is 1.31 bits per heavy atom. The van der Waals surface area contributed by atoms with Gasteiger partial charge in [-0.2, -0.15) is 5.26 Å². The van der Waals surface area contributed by atoms with E-state index < -0.39 is 0 Å². The van der Waals surface area contributed by atoms with E-state index in [9.17, 15) is 0 Å². The molecule has 0 unspecified atom stereocenters. The Kier molecular flexibility index (Phi) is 1.99. The zero-order chi connectivity index (χ0) is 9.26. The quantitative estimate of drug-likeness (QED) is 0.701. The molecule has 2 rings (SSSR count). The van der Waals surface area contributed by atoms with Crippen molar-refractivity contribution in [2.24, 2.45) is 0 Å². The van der Waals surface area contributed by atoms with Crippen LogP contribution in [0.15, 0.2) is 34.9 Å². The van der Waals surface area contributed by atoms with Gasteiger partial charge in [-0.1, -0.05) is 28.1 Å². The van der Waals surface area contributed by atoms with Crippen molar-refractivity contribution < 1.29 is 0 Å². The molecule has 0 saturated heterocycles. The van der Waals surface area contributed by atoms with E-state index >= 15 is 0 Å². The second-order valence-electron chi connectivity index (χ2n) is 2.61. The number of rotatable bonds is 0. The van der Waals surface area contributed by atoms with Crippen molar-refractivity contribution in [3.63, 3.8) is 0 Å². The lowest BCUT2D eigenvalue weighted by atomic mass is 10.1. The van der Waals surface area contributed by atoms with Gasteiger partial charge in [0.2, 0.25) is 0 Å². The Bertz CT molecular complexity index is 494. The molecule has 2 nitrogen and oxygen atoms in total. The van der Waals surface area contributed by atoms with E-state index in [1.807, 2.05) is 24.3 Å². The third-order valence-corrected chi connectivity index (χ3v) is 2.51. The summed E-state index contributed by atoms with van der Waals surface area (Å²) in [7, 11) is 0. The third kappa shape index (κ3) is 1.30. The standard InChI is InChI=1S/C10H5BrN2/c11-8-3-1-2-7-4-5-13-9(6-12)10(7)8/h1-5H. The number of aromatic nitrogens is 1. The van der Waals surface area contributed by atoms with Crippen molar-refractivity contribution in [1.29, 1.82) is 5.26 Å². The molecule has 62 valence electrons. The lowest BCUT2D eigenvalue weighted by molar-refractivity contribution is 1.29. The van der Waals surface area contributed by atoms with Crippen LogP contribution in [0.1, 0.15) is 5.69 Å². The van der Waals surface area contributed by atoms with E-state index in [4.69, 9.17) is 5.26 Å². The van der Waals surface area contributed by atoms with Crippen LogP contribution in [0.2, 0.25) is 0 Å². The van der Waals surface area contributed by atoms with Crippen LogP contribution in [-0.4, -0.2) is 4.98 Å². The van der Waals surface area contributed by atoms with Crippen molar-refractivity contribution in [3.05, 3.63) is 40.6 Å². The Morgan fingerprint density at radius 2 is 2.15 bits per heavy atom. The normalized spacial score (nSPS) is 9.85. The molecule has 0 radical (unpaired) electrons. The number of nitriles is 1. The summed E-state index contributed by atoms with van der Waals surface area (Å²) in [5.41, 5.74) is 0.463. The molecule has 0 N–H and O–H groups in total. The highest BCUT2D eigenvalue weighted by Crippen LogP contribution is 2.25. The van der Waals surface area contributed by atoms with Crippen LogP contribution in [0.4, 0.5) is 0 Å². The second kappa shape index (κ2) is 3.15. The molecule has 1 heterocycles. The summed E-state index contributed by atoms with van der Waals surface area (Å²) in [6, 6.07) is 9.77. The SMILES string of the molecule is N#Cc1nccc2cccc(Br)c12. The predicted octanol–water partition coefficient (Wildman–Crippen LogP) is 2.87. The fourth-order valence-electron chi connectivity index (χ4n) is 1.27. The van der Waals surface area contributed by atoms with E-state index in [0.29, 0.717) is 5.69 Å². The topological polar surface area (TPSA) is 36.7 Å². The van der Waals surface area contributed by atoms with E-state index in [1.165, 1.54) is 0 Å². The first kappa shape index (κ1) is 8.21. The number of hydrogen-bond acceptors (Lipinski definition) is 2. The summed E-state index contributed by atoms with van der Waals surface area (Å²) in [4.78, 5) is 4.00. The molecular formula is C10H5BrN2. The molecule has 0 aliphatic heterocycles. The first-order chi connectivity index (χ1) is 6.33. The van der Waals surface area contributed by atoms with Crippen molar-refractivity contribution in [1.82, 2.24) is 4.98 Å². The summed E-state index contributed by atoms with van der Waals surface area (Å²) in [6.07, 6.45) is 1.65. The second-order valence-corrected chi connectivity index (χ2v) is 3.46. The first-order valence-electron chi connectivity index (χ1n) is 3.76. The van der Waals surface area contributed by atoms with Gasteiger partial charge in [0.1, 0.15) is 11.8 Å². The Morgan fingerprint density at radius 3 is 2.92 bits per heavy atom. The Labute approximate surface area is 84.0 Å². The summed E-state index contributed by atoms with van der Waals surface area (Å²) in [5.74, 6) is 0. The number of hydrogen-bond donors (Lipinski definition) is 0. The summed E-state index contributed by atoms with van der Waals surface area (Å²) in [5, 5.41) is 10.7. The predicted molar refractivity (Wildman–Crippen MR) is 54.2 cm³/mol. The molecule has 0 atom stereocenters. The first-order valence-corrected chi connectivity index (χ1v) is 4.55. The van der Waals surface area contributed by atoms with Crippen molar-refractivity contribution in [3.8, 4) is 6.07 Å². The molecule has 0 saturated carbocycles. The largest absolute Gasteiger partial charge is 0.245 e. The molecule has 13 heavy (non-hydrogen) atoms. The molecule has 0 aliphatic carbocycles. The molecule has 2 aromatic rings. The smallest absolute Gasteiger partial charge is 0.149 e. The van der Waals surface area contributed by atoms with Crippen LogP contribution >= 0.6 is 15.9 Å². The van der Waals surface area contributed by atoms with Gasteiger partial charge >= 0.3 is 0 Å². The lowest BCUT2D eigenvalue weighted by Gasteiger charge is -2.00.